The lowest BCUT2D eigenvalue weighted by atomic mass is 9.96. The first kappa shape index (κ1) is 48.7. The number of nitrogens with one attached hydrogen (secondary N) is 1. The van der Waals surface area contributed by atoms with Crippen LogP contribution in [0.3, 0.4) is 0 Å². The minimum absolute atomic E-state index is 0.00281. The number of carbonyl (C=O) groups excluding carboxylic acids is 1. The highest BCUT2D eigenvalue weighted by atomic mass is 31.3. The lowest BCUT2D eigenvalue weighted by Gasteiger charge is -2.42. The molecule has 1 aliphatic rings. The first-order valence-electron chi connectivity index (χ1n) is 17.3. The Morgan fingerprint density at radius 2 is 1.46 bits per heavy atom. The van der Waals surface area contributed by atoms with E-state index in [1.807, 2.05) is 6.92 Å². The minimum atomic E-state index is -4.23. The average molecular weight is 788 g/mol. The number of rotatable bonds is 28. The predicted octanol–water partition coefficient (Wildman–Crippen LogP) is 3.74. The van der Waals surface area contributed by atoms with Crippen LogP contribution in [0, 0.1) is 0 Å². The van der Waals surface area contributed by atoms with Crippen LogP contribution in [-0.4, -0.2) is 145 Å². The summed E-state index contributed by atoms with van der Waals surface area (Å²) in [6, 6.07) is -1.29. The maximum atomic E-state index is 13.2. The number of hydrogen-bond donors (Lipinski definition) is 4. The number of ether oxygens (including phenoxy) is 6. The maximum absolute atomic E-state index is 13.2. The molecule has 1 heterocycles. The summed E-state index contributed by atoms with van der Waals surface area (Å²) in [5.74, 6) is -0.687. The van der Waals surface area contributed by atoms with Crippen molar-refractivity contribution in [3.63, 3.8) is 0 Å². The molecule has 0 radical (unpaired) electrons. The SMILES string of the molecule is COCCOCC(COCC(=O)N[C@@H]1C(CO)O[C@H](O[P@](C)(=O)O[P@](C)(=O)OC/C=C(/C)CC/C=C(\C)CCC=C(C)C)C(O)[C@H]1O)OCCOC. The summed E-state index contributed by atoms with van der Waals surface area (Å²) in [5, 5.41) is 34.0. The third-order valence-electron chi connectivity index (χ3n) is 7.58. The van der Waals surface area contributed by atoms with Crippen molar-refractivity contribution in [2.75, 3.05) is 87.0 Å². The van der Waals surface area contributed by atoms with E-state index in [0.717, 1.165) is 44.6 Å². The van der Waals surface area contributed by atoms with E-state index < -0.39 is 71.1 Å². The summed E-state index contributed by atoms with van der Waals surface area (Å²) in [6.45, 7) is 10.7. The predicted molar refractivity (Wildman–Crippen MR) is 195 cm³/mol. The van der Waals surface area contributed by atoms with Crippen LogP contribution in [0.1, 0.15) is 53.4 Å². The molecule has 0 aliphatic carbocycles. The third-order valence-corrected chi connectivity index (χ3v) is 11.2. The van der Waals surface area contributed by atoms with Gasteiger partial charge in [-0.3, -0.25) is 18.4 Å². The summed E-state index contributed by atoms with van der Waals surface area (Å²) in [5.41, 5.74) is 3.63. The van der Waals surface area contributed by atoms with E-state index >= 15 is 0 Å². The van der Waals surface area contributed by atoms with Crippen LogP contribution < -0.4 is 5.32 Å². The van der Waals surface area contributed by atoms with Gasteiger partial charge in [-0.05, 0) is 53.4 Å². The number of aliphatic hydroxyl groups is 3. The monoisotopic (exact) mass is 787 g/mol. The fourth-order valence-electron chi connectivity index (χ4n) is 4.82. The Labute approximate surface area is 309 Å². The summed E-state index contributed by atoms with van der Waals surface area (Å²) in [4.78, 5) is 12.7. The Balaban J connectivity index is 2.65. The Bertz CT molecular complexity index is 1210. The van der Waals surface area contributed by atoms with Gasteiger partial charge in [-0.15, -0.1) is 0 Å². The quantitative estimate of drug-likeness (QED) is 0.0506. The molecule has 18 heteroatoms. The van der Waals surface area contributed by atoms with Crippen LogP contribution in [0.2, 0.25) is 0 Å². The van der Waals surface area contributed by atoms with E-state index in [-0.39, 0.29) is 26.4 Å². The number of carbonyl (C=O) groups is 1. The van der Waals surface area contributed by atoms with Crippen molar-refractivity contribution in [3.8, 4) is 0 Å². The molecule has 8 atom stereocenters. The lowest BCUT2D eigenvalue weighted by molar-refractivity contribution is -0.253. The van der Waals surface area contributed by atoms with Crippen molar-refractivity contribution in [2.24, 2.45) is 0 Å². The molecule has 0 spiro atoms. The van der Waals surface area contributed by atoms with Crippen molar-refractivity contribution in [2.45, 2.75) is 90.1 Å². The molecule has 1 amide bonds. The molecule has 0 aromatic heterocycles. The lowest BCUT2D eigenvalue weighted by Crippen LogP contribution is -2.65. The Hall–Kier alpha value is -1.33. The molecule has 1 saturated heterocycles. The molecule has 52 heavy (non-hydrogen) atoms. The fourth-order valence-corrected chi connectivity index (χ4v) is 8.21. The van der Waals surface area contributed by atoms with Crippen molar-refractivity contribution >= 4 is 21.1 Å². The van der Waals surface area contributed by atoms with Gasteiger partial charge in [0.2, 0.25) is 5.91 Å². The Morgan fingerprint density at radius 1 is 0.846 bits per heavy atom. The van der Waals surface area contributed by atoms with Gasteiger partial charge < -0.3 is 53.6 Å². The second-order valence-corrected chi connectivity index (χ2v) is 17.1. The average Bonchev–Trinajstić information content (AvgIpc) is 3.05. The van der Waals surface area contributed by atoms with Crippen molar-refractivity contribution in [1.29, 1.82) is 0 Å². The summed E-state index contributed by atoms with van der Waals surface area (Å²) in [6.07, 6.45) is 2.67. The van der Waals surface area contributed by atoms with Gasteiger partial charge in [-0.25, -0.2) is 4.31 Å². The van der Waals surface area contributed by atoms with Crippen LogP contribution >= 0.6 is 15.2 Å². The second kappa shape index (κ2) is 26.5. The summed E-state index contributed by atoms with van der Waals surface area (Å²) in [7, 11) is -5.07. The molecule has 1 fully saturated rings. The van der Waals surface area contributed by atoms with Crippen LogP contribution in [-0.2, 0) is 55.7 Å². The molecular weight excluding hydrogens is 724 g/mol. The van der Waals surface area contributed by atoms with E-state index in [9.17, 15) is 29.2 Å². The van der Waals surface area contributed by atoms with E-state index in [4.69, 9.17) is 41.8 Å². The highest BCUT2D eigenvalue weighted by molar-refractivity contribution is 7.66. The van der Waals surface area contributed by atoms with Gasteiger partial charge in [0.25, 0.3) is 0 Å². The Morgan fingerprint density at radius 3 is 2.10 bits per heavy atom. The first-order chi connectivity index (χ1) is 24.5. The van der Waals surface area contributed by atoms with Crippen molar-refractivity contribution in [1.82, 2.24) is 5.32 Å². The van der Waals surface area contributed by atoms with Gasteiger partial charge in [0.05, 0.1) is 58.9 Å². The number of allylic oxidation sites excluding steroid dienone is 5. The molecule has 0 aromatic carbocycles. The fraction of sp³-hybridized carbons (Fsp3) is 0.794. The minimum Gasteiger partial charge on any atom is -0.394 e. The third kappa shape index (κ3) is 21.5. The van der Waals surface area contributed by atoms with Gasteiger partial charge in [0.15, 0.2) is 6.29 Å². The van der Waals surface area contributed by atoms with Gasteiger partial charge in [0, 0.05) is 27.5 Å². The van der Waals surface area contributed by atoms with E-state index in [0.29, 0.717) is 19.8 Å². The maximum Gasteiger partial charge on any atom is 0.337 e. The Kier molecular flexibility index (Phi) is 24.8. The largest absolute Gasteiger partial charge is 0.394 e. The normalized spacial score (nSPS) is 24.2. The van der Waals surface area contributed by atoms with Crippen LogP contribution in [0.4, 0.5) is 0 Å². The molecule has 4 N–H and O–H groups in total. The first-order valence-corrected chi connectivity index (χ1v) is 21.3. The summed E-state index contributed by atoms with van der Waals surface area (Å²) < 4.78 is 74.2. The number of hydrogen-bond acceptors (Lipinski definition) is 15. The molecule has 3 unspecified atom stereocenters. The van der Waals surface area contributed by atoms with Crippen molar-refractivity contribution in [3.05, 3.63) is 34.9 Å². The number of methoxy groups -OCH3 is 2. The van der Waals surface area contributed by atoms with Crippen LogP contribution in [0.15, 0.2) is 34.9 Å². The van der Waals surface area contributed by atoms with Crippen molar-refractivity contribution < 1.29 is 71.0 Å². The molecule has 0 aromatic rings. The van der Waals surface area contributed by atoms with E-state index in [2.05, 4.69) is 38.2 Å². The highest BCUT2D eigenvalue weighted by Crippen LogP contribution is 2.62. The smallest absolute Gasteiger partial charge is 0.337 e. The molecule has 0 saturated carbocycles. The zero-order valence-corrected chi connectivity index (χ0v) is 33.8. The van der Waals surface area contributed by atoms with E-state index in [1.165, 1.54) is 18.3 Å². The topological polar surface area (TPSA) is 207 Å². The number of amides is 1. The second-order valence-electron chi connectivity index (χ2n) is 12.9. The molecule has 16 nitrogen and oxygen atoms in total. The number of aliphatic hydroxyl groups excluding tert-OH is 3. The molecule has 1 rings (SSSR count). The molecule has 1 aliphatic heterocycles. The van der Waals surface area contributed by atoms with Gasteiger partial charge in [0.1, 0.15) is 31.0 Å². The van der Waals surface area contributed by atoms with E-state index in [1.54, 1.807) is 13.2 Å². The summed E-state index contributed by atoms with van der Waals surface area (Å²) >= 11 is 0. The highest BCUT2D eigenvalue weighted by Gasteiger charge is 2.48. The standard InChI is InChI=1S/C34H63NO15P2/c1-25(2)11-9-12-26(3)13-10-14-27(4)15-16-47-51(7,40)50-52(8,41)49-34-33(39)32(38)31(29(21-36)48-34)35-30(37)24-45-23-28(46-20-18-43-6)22-44-19-17-42-5/h11,13,15,28-29,31-34,36,38-39H,9-10,12,14,16-24H2,1-8H3,(H,35,37)/b26-13+,27-15-/t28?,29?,31-,32+,33?,34-,51-,52+/m1/s1. The molecule has 304 valence electrons. The zero-order valence-electron chi connectivity index (χ0n) is 32.0. The molecular formula is C34H63NO15P2. The van der Waals surface area contributed by atoms with Crippen LogP contribution in [0.25, 0.3) is 0 Å². The van der Waals surface area contributed by atoms with Gasteiger partial charge >= 0.3 is 15.2 Å². The van der Waals surface area contributed by atoms with Gasteiger partial charge in [-0.1, -0.05) is 34.9 Å². The van der Waals surface area contributed by atoms with Crippen LogP contribution in [0.5, 0.6) is 0 Å². The van der Waals surface area contributed by atoms with Gasteiger partial charge in [-0.2, -0.15) is 0 Å². The zero-order chi connectivity index (χ0) is 39.2. The molecule has 0 bridgehead atoms.